The van der Waals surface area contributed by atoms with Crippen molar-refractivity contribution in [2.24, 2.45) is 11.8 Å². The number of hydrogen-bond acceptors (Lipinski definition) is 5. The van der Waals surface area contributed by atoms with Crippen LogP contribution in [0.1, 0.15) is 59.1 Å². The number of rotatable bonds is 6. The van der Waals surface area contributed by atoms with Gasteiger partial charge in [0.2, 0.25) is 0 Å². The lowest BCUT2D eigenvalue weighted by atomic mass is 9.85. The van der Waals surface area contributed by atoms with Crippen molar-refractivity contribution < 1.29 is 23.8 Å². The summed E-state index contributed by atoms with van der Waals surface area (Å²) in [4.78, 5) is 27.4. The number of hydrogen-bond donors (Lipinski definition) is 0. The molecule has 1 aliphatic rings. The molecule has 2 atom stereocenters. The highest BCUT2D eigenvalue weighted by molar-refractivity contribution is 9.08. The van der Waals surface area contributed by atoms with Gasteiger partial charge in [0.1, 0.15) is 17.0 Å². The Hall–Kier alpha value is -1.76. The third-order valence-corrected chi connectivity index (χ3v) is 5.70. The predicted octanol–water partition coefficient (Wildman–Crippen LogP) is 5.35. The summed E-state index contributed by atoms with van der Waals surface area (Å²) in [7, 11) is 1.65. The first kappa shape index (κ1) is 25.5. The van der Waals surface area contributed by atoms with Crippen LogP contribution in [0.3, 0.4) is 0 Å². The number of nitrogens with zero attached hydrogens (tertiary/aromatic N) is 1. The zero-order valence-electron chi connectivity index (χ0n) is 19.8. The summed E-state index contributed by atoms with van der Waals surface area (Å²) in [6, 6.07) is 5.98. The number of methoxy groups -OCH3 is 1. The lowest BCUT2D eigenvalue weighted by Gasteiger charge is -2.28. The van der Waals surface area contributed by atoms with E-state index in [1.54, 1.807) is 12.0 Å². The van der Waals surface area contributed by atoms with Gasteiger partial charge in [-0.25, -0.2) is 4.79 Å². The van der Waals surface area contributed by atoms with E-state index in [9.17, 15) is 9.59 Å². The summed E-state index contributed by atoms with van der Waals surface area (Å²) >= 11 is 3.50. The van der Waals surface area contributed by atoms with Gasteiger partial charge >= 0.3 is 12.1 Å². The number of carbonyl (C=O) groups is 2. The highest BCUT2D eigenvalue weighted by Gasteiger charge is 2.39. The lowest BCUT2D eigenvalue weighted by Crippen LogP contribution is -2.38. The van der Waals surface area contributed by atoms with Crippen molar-refractivity contribution in [1.29, 1.82) is 0 Å². The Kier molecular flexibility index (Phi) is 8.42. The molecule has 31 heavy (non-hydrogen) atoms. The molecule has 1 heterocycles. The number of esters is 1. The van der Waals surface area contributed by atoms with Crippen molar-refractivity contribution in [1.82, 2.24) is 4.90 Å². The second-order valence-electron chi connectivity index (χ2n) is 10.1. The third-order valence-electron chi connectivity index (χ3n) is 5.10. The highest BCUT2D eigenvalue weighted by atomic mass is 79.9. The summed E-state index contributed by atoms with van der Waals surface area (Å²) in [6.45, 7) is 12.3. The molecule has 1 aromatic rings. The van der Waals surface area contributed by atoms with Crippen molar-refractivity contribution in [2.45, 2.75) is 70.9 Å². The van der Waals surface area contributed by atoms with Crippen LogP contribution in [0.2, 0.25) is 0 Å². The minimum Gasteiger partial charge on any atom is -0.496 e. The molecule has 174 valence electrons. The van der Waals surface area contributed by atoms with Crippen LogP contribution >= 0.6 is 15.9 Å². The van der Waals surface area contributed by atoms with Crippen molar-refractivity contribution in [3.05, 3.63) is 29.3 Å². The molecule has 1 aromatic carbocycles. The SMILES string of the molecule is COc1ccc(C[C@H](C(=O)OC(C)(C)C)[C@H]2CCN(C(=O)OC(C)(C)C)C2)cc1CBr. The molecule has 7 heteroatoms. The summed E-state index contributed by atoms with van der Waals surface area (Å²) < 4.78 is 16.7. The van der Waals surface area contributed by atoms with Gasteiger partial charge in [-0.2, -0.15) is 0 Å². The predicted molar refractivity (Wildman–Crippen MR) is 125 cm³/mol. The van der Waals surface area contributed by atoms with Crippen molar-refractivity contribution in [3.8, 4) is 5.75 Å². The molecule has 0 N–H and O–H groups in total. The molecule has 6 nitrogen and oxygen atoms in total. The van der Waals surface area contributed by atoms with E-state index >= 15 is 0 Å². The fourth-order valence-electron chi connectivity index (χ4n) is 3.75. The number of ether oxygens (including phenoxy) is 3. The molecule has 0 aromatic heterocycles. The summed E-state index contributed by atoms with van der Waals surface area (Å²) in [5, 5.41) is 0.664. The summed E-state index contributed by atoms with van der Waals surface area (Å²) in [5.74, 6) is 0.256. The number of carbonyl (C=O) groups excluding carboxylic acids is 2. The first-order valence-electron chi connectivity index (χ1n) is 10.8. The maximum atomic E-state index is 13.1. The number of alkyl halides is 1. The van der Waals surface area contributed by atoms with Crippen LogP contribution in [0.25, 0.3) is 0 Å². The zero-order valence-corrected chi connectivity index (χ0v) is 21.4. The molecular weight excluding hydrogens is 462 g/mol. The van der Waals surface area contributed by atoms with Crippen LogP contribution in [-0.2, 0) is 26.0 Å². The van der Waals surface area contributed by atoms with E-state index in [4.69, 9.17) is 14.2 Å². The Balaban J connectivity index is 2.22. The van der Waals surface area contributed by atoms with Gasteiger partial charge in [0.15, 0.2) is 0 Å². The van der Waals surface area contributed by atoms with Gasteiger partial charge in [-0.3, -0.25) is 4.79 Å². The van der Waals surface area contributed by atoms with E-state index in [0.717, 1.165) is 23.3 Å². The topological polar surface area (TPSA) is 65.1 Å². The van der Waals surface area contributed by atoms with Crippen LogP contribution in [0.4, 0.5) is 4.79 Å². The molecule has 1 aliphatic heterocycles. The average Bonchev–Trinajstić information content (AvgIpc) is 3.13. The van der Waals surface area contributed by atoms with Gasteiger partial charge in [-0.05, 0) is 71.9 Å². The van der Waals surface area contributed by atoms with Crippen molar-refractivity contribution in [2.75, 3.05) is 20.2 Å². The smallest absolute Gasteiger partial charge is 0.410 e. The second-order valence-corrected chi connectivity index (χ2v) is 10.7. The molecule has 1 amide bonds. The van der Waals surface area contributed by atoms with Crippen LogP contribution in [0.15, 0.2) is 18.2 Å². The Morgan fingerprint density at radius 3 is 2.32 bits per heavy atom. The molecule has 0 saturated carbocycles. The monoisotopic (exact) mass is 497 g/mol. The Labute approximate surface area is 194 Å². The Bertz CT molecular complexity index is 781. The number of halogens is 1. The van der Waals surface area contributed by atoms with Crippen LogP contribution < -0.4 is 4.74 Å². The second kappa shape index (κ2) is 10.2. The average molecular weight is 498 g/mol. The fourth-order valence-corrected chi connectivity index (χ4v) is 4.18. The third kappa shape index (κ3) is 7.70. The van der Waals surface area contributed by atoms with Crippen LogP contribution in [0.5, 0.6) is 5.75 Å². The number of benzene rings is 1. The molecule has 0 aliphatic carbocycles. The molecule has 1 fully saturated rings. The van der Waals surface area contributed by atoms with Gasteiger partial charge in [-0.1, -0.05) is 28.1 Å². The van der Waals surface area contributed by atoms with E-state index < -0.39 is 11.2 Å². The quantitative estimate of drug-likeness (QED) is 0.391. The van der Waals surface area contributed by atoms with E-state index in [1.165, 1.54) is 0 Å². The maximum Gasteiger partial charge on any atom is 0.410 e. The molecule has 1 saturated heterocycles. The maximum absolute atomic E-state index is 13.1. The number of likely N-dealkylation sites (tertiary alicyclic amines) is 1. The van der Waals surface area contributed by atoms with E-state index in [1.807, 2.05) is 53.7 Å². The molecule has 0 spiro atoms. The standard InChI is InChI=1S/C24H36BrNO5/c1-23(2,3)30-21(27)19(13-16-8-9-20(29-7)18(12-16)14-25)17-10-11-26(15-17)22(28)31-24(4,5)6/h8-9,12,17,19H,10-11,13-15H2,1-7H3/t17-,19-/m0/s1. The highest BCUT2D eigenvalue weighted by Crippen LogP contribution is 2.32. The first-order valence-corrected chi connectivity index (χ1v) is 11.9. The van der Waals surface area contributed by atoms with Gasteiger partial charge in [0.05, 0.1) is 13.0 Å². The van der Waals surface area contributed by atoms with Gasteiger partial charge < -0.3 is 19.1 Å². The minimum absolute atomic E-state index is 0.0110. The Morgan fingerprint density at radius 2 is 1.77 bits per heavy atom. The molecule has 2 rings (SSSR count). The van der Waals surface area contributed by atoms with Crippen LogP contribution in [-0.4, -0.2) is 48.4 Å². The molecule has 0 bridgehead atoms. The number of amides is 1. The fraction of sp³-hybridized carbons (Fsp3) is 0.667. The van der Waals surface area contributed by atoms with E-state index in [2.05, 4.69) is 22.0 Å². The molecular formula is C24H36BrNO5. The first-order chi connectivity index (χ1) is 14.3. The largest absolute Gasteiger partial charge is 0.496 e. The van der Waals surface area contributed by atoms with Crippen LogP contribution in [0, 0.1) is 11.8 Å². The van der Waals surface area contributed by atoms with Gasteiger partial charge in [-0.15, -0.1) is 0 Å². The normalized spacial score (nSPS) is 17.9. The van der Waals surface area contributed by atoms with Gasteiger partial charge in [0, 0.05) is 24.0 Å². The van der Waals surface area contributed by atoms with Crippen molar-refractivity contribution in [3.63, 3.8) is 0 Å². The van der Waals surface area contributed by atoms with Gasteiger partial charge in [0.25, 0.3) is 0 Å². The van der Waals surface area contributed by atoms with E-state index in [0.29, 0.717) is 24.8 Å². The summed E-state index contributed by atoms with van der Waals surface area (Å²) in [6.07, 6.45) is 0.958. The minimum atomic E-state index is -0.570. The Morgan fingerprint density at radius 1 is 1.13 bits per heavy atom. The van der Waals surface area contributed by atoms with Crippen molar-refractivity contribution >= 4 is 28.0 Å². The van der Waals surface area contributed by atoms with E-state index in [-0.39, 0.29) is 23.9 Å². The molecule has 0 unspecified atom stereocenters. The summed E-state index contributed by atoms with van der Waals surface area (Å²) in [5.41, 5.74) is 0.959. The zero-order chi connectivity index (χ0) is 23.4. The lowest BCUT2D eigenvalue weighted by molar-refractivity contribution is -0.161. The molecule has 0 radical (unpaired) electrons.